The van der Waals surface area contributed by atoms with E-state index >= 15 is 0 Å². The SMILES string of the molecule is Cc1cccc(C(=O)NC2CCNC2)c1I.Cl. The van der Waals surface area contributed by atoms with Crippen LogP contribution < -0.4 is 10.6 Å². The first-order valence-corrected chi connectivity index (χ1v) is 6.53. The van der Waals surface area contributed by atoms with Gasteiger partial charge in [-0.3, -0.25) is 4.79 Å². The standard InChI is InChI=1S/C12H15IN2O.ClH/c1-8-3-2-4-10(11(8)13)12(16)15-9-5-6-14-7-9;/h2-4,9,14H,5-7H2,1H3,(H,15,16);1H. The molecule has 1 aromatic carbocycles. The molecule has 1 heterocycles. The van der Waals surface area contributed by atoms with Crippen molar-refractivity contribution in [3.8, 4) is 0 Å². The minimum atomic E-state index is 0. The van der Waals surface area contributed by atoms with E-state index in [1.807, 2.05) is 25.1 Å². The van der Waals surface area contributed by atoms with E-state index in [2.05, 4.69) is 33.2 Å². The number of amides is 1. The fraction of sp³-hybridized carbons (Fsp3) is 0.417. The second-order valence-corrected chi connectivity index (χ2v) is 5.18. The van der Waals surface area contributed by atoms with E-state index in [4.69, 9.17) is 0 Å². The molecule has 0 radical (unpaired) electrons. The fourth-order valence-electron chi connectivity index (χ4n) is 1.86. The molecule has 17 heavy (non-hydrogen) atoms. The Hall–Kier alpha value is -0.330. The molecule has 1 amide bonds. The van der Waals surface area contributed by atoms with Gasteiger partial charge in [-0.2, -0.15) is 0 Å². The van der Waals surface area contributed by atoms with E-state index in [1.165, 1.54) is 0 Å². The average molecular weight is 367 g/mol. The third-order valence-electron chi connectivity index (χ3n) is 2.83. The van der Waals surface area contributed by atoms with Crippen molar-refractivity contribution < 1.29 is 4.79 Å². The lowest BCUT2D eigenvalue weighted by Gasteiger charge is -2.13. The van der Waals surface area contributed by atoms with Gasteiger partial charge in [-0.15, -0.1) is 12.4 Å². The molecule has 5 heteroatoms. The number of carbonyl (C=O) groups excluding carboxylic acids is 1. The van der Waals surface area contributed by atoms with E-state index in [1.54, 1.807) is 0 Å². The number of hydrogen-bond donors (Lipinski definition) is 2. The zero-order valence-corrected chi connectivity index (χ0v) is 12.6. The van der Waals surface area contributed by atoms with E-state index in [9.17, 15) is 4.79 Å². The number of nitrogens with one attached hydrogen (secondary N) is 2. The predicted octanol–water partition coefficient (Wildman–Crippen LogP) is 2.11. The first-order chi connectivity index (χ1) is 7.68. The maximum Gasteiger partial charge on any atom is 0.252 e. The molecule has 1 aliphatic heterocycles. The zero-order chi connectivity index (χ0) is 11.5. The highest BCUT2D eigenvalue weighted by molar-refractivity contribution is 14.1. The van der Waals surface area contributed by atoms with Crippen LogP contribution in [0.3, 0.4) is 0 Å². The molecule has 1 saturated heterocycles. The van der Waals surface area contributed by atoms with Gasteiger partial charge in [-0.05, 0) is 54.1 Å². The molecule has 94 valence electrons. The smallest absolute Gasteiger partial charge is 0.252 e. The molecule has 0 aromatic heterocycles. The highest BCUT2D eigenvalue weighted by Crippen LogP contribution is 2.16. The van der Waals surface area contributed by atoms with E-state index in [-0.39, 0.29) is 24.4 Å². The second-order valence-electron chi connectivity index (χ2n) is 4.10. The molecule has 0 saturated carbocycles. The van der Waals surface area contributed by atoms with Crippen LogP contribution in [0.15, 0.2) is 18.2 Å². The van der Waals surface area contributed by atoms with Gasteiger partial charge in [0.05, 0.1) is 5.56 Å². The first-order valence-electron chi connectivity index (χ1n) is 5.45. The summed E-state index contributed by atoms with van der Waals surface area (Å²) in [7, 11) is 0. The zero-order valence-electron chi connectivity index (χ0n) is 9.63. The number of rotatable bonds is 2. The highest BCUT2D eigenvalue weighted by atomic mass is 127. The van der Waals surface area contributed by atoms with Crippen LogP contribution in [0.2, 0.25) is 0 Å². The van der Waals surface area contributed by atoms with Gasteiger partial charge in [-0.1, -0.05) is 12.1 Å². The van der Waals surface area contributed by atoms with Crippen LogP contribution in [-0.4, -0.2) is 25.0 Å². The normalized spacial score (nSPS) is 18.6. The van der Waals surface area contributed by atoms with Gasteiger partial charge in [0.25, 0.3) is 5.91 Å². The summed E-state index contributed by atoms with van der Waals surface area (Å²) in [5, 5.41) is 6.30. The molecular weight excluding hydrogens is 351 g/mol. The van der Waals surface area contributed by atoms with Crippen molar-refractivity contribution >= 4 is 40.9 Å². The molecule has 1 unspecified atom stereocenters. The van der Waals surface area contributed by atoms with Gasteiger partial charge < -0.3 is 10.6 Å². The summed E-state index contributed by atoms with van der Waals surface area (Å²) in [5.41, 5.74) is 1.94. The lowest BCUT2D eigenvalue weighted by atomic mass is 10.1. The Morgan fingerprint density at radius 3 is 2.94 bits per heavy atom. The van der Waals surface area contributed by atoms with Crippen LogP contribution in [0.5, 0.6) is 0 Å². The maximum absolute atomic E-state index is 12.0. The summed E-state index contributed by atoms with van der Waals surface area (Å²) >= 11 is 2.23. The number of halogens is 2. The monoisotopic (exact) mass is 366 g/mol. The number of carbonyl (C=O) groups is 1. The summed E-state index contributed by atoms with van der Waals surface area (Å²) in [5.74, 6) is 0.0433. The molecule has 0 spiro atoms. The number of hydrogen-bond acceptors (Lipinski definition) is 2. The topological polar surface area (TPSA) is 41.1 Å². The van der Waals surface area contributed by atoms with Crippen LogP contribution in [-0.2, 0) is 0 Å². The average Bonchev–Trinajstić information content (AvgIpc) is 2.74. The second kappa shape index (κ2) is 6.56. The van der Waals surface area contributed by atoms with Gasteiger partial charge in [0.15, 0.2) is 0 Å². The lowest BCUT2D eigenvalue weighted by molar-refractivity contribution is 0.0939. The van der Waals surface area contributed by atoms with Crippen LogP contribution in [0.4, 0.5) is 0 Å². The fourth-order valence-corrected chi connectivity index (χ4v) is 2.47. The number of benzene rings is 1. The Balaban J connectivity index is 0.00000144. The molecule has 1 fully saturated rings. The Bertz CT molecular complexity index is 405. The molecule has 1 atom stereocenters. The quantitative estimate of drug-likeness (QED) is 0.787. The summed E-state index contributed by atoms with van der Waals surface area (Å²) in [4.78, 5) is 12.0. The Morgan fingerprint density at radius 1 is 1.53 bits per heavy atom. The van der Waals surface area contributed by atoms with Crippen molar-refractivity contribution in [2.24, 2.45) is 0 Å². The molecule has 0 bridgehead atoms. The van der Waals surface area contributed by atoms with Crippen LogP contribution in [0.1, 0.15) is 22.3 Å². The molecule has 2 N–H and O–H groups in total. The van der Waals surface area contributed by atoms with Gasteiger partial charge in [0.2, 0.25) is 0 Å². The van der Waals surface area contributed by atoms with Crippen LogP contribution in [0, 0.1) is 10.5 Å². The minimum Gasteiger partial charge on any atom is -0.348 e. The Kier molecular flexibility index (Phi) is 5.69. The molecule has 3 nitrogen and oxygen atoms in total. The molecule has 1 aliphatic rings. The Labute approximate surface area is 121 Å². The first kappa shape index (κ1) is 14.7. The van der Waals surface area contributed by atoms with Crippen LogP contribution in [0.25, 0.3) is 0 Å². The van der Waals surface area contributed by atoms with Gasteiger partial charge in [0, 0.05) is 16.2 Å². The Morgan fingerprint density at radius 2 is 2.29 bits per heavy atom. The maximum atomic E-state index is 12.0. The molecule has 0 aliphatic carbocycles. The summed E-state index contributed by atoms with van der Waals surface area (Å²) in [6, 6.07) is 6.12. The van der Waals surface area contributed by atoms with E-state index < -0.39 is 0 Å². The van der Waals surface area contributed by atoms with Crippen molar-refractivity contribution in [1.29, 1.82) is 0 Å². The third kappa shape index (κ3) is 3.56. The van der Waals surface area contributed by atoms with E-state index in [0.717, 1.165) is 34.2 Å². The van der Waals surface area contributed by atoms with Crippen LogP contribution >= 0.6 is 35.0 Å². The largest absolute Gasteiger partial charge is 0.348 e. The van der Waals surface area contributed by atoms with Crippen molar-refractivity contribution in [2.45, 2.75) is 19.4 Å². The third-order valence-corrected chi connectivity index (χ3v) is 4.26. The van der Waals surface area contributed by atoms with Crippen molar-refractivity contribution in [2.75, 3.05) is 13.1 Å². The van der Waals surface area contributed by atoms with Gasteiger partial charge in [-0.25, -0.2) is 0 Å². The predicted molar refractivity (Wildman–Crippen MR) is 79.9 cm³/mol. The number of aryl methyl sites for hydroxylation is 1. The summed E-state index contributed by atoms with van der Waals surface area (Å²) in [6.07, 6.45) is 1.02. The van der Waals surface area contributed by atoms with Gasteiger partial charge >= 0.3 is 0 Å². The van der Waals surface area contributed by atoms with Crippen molar-refractivity contribution in [1.82, 2.24) is 10.6 Å². The minimum absolute atomic E-state index is 0. The van der Waals surface area contributed by atoms with Crippen molar-refractivity contribution in [3.63, 3.8) is 0 Å². The summed E-state index contributed by atoms with van der Waals surface area (Å²) in [6.45, 7) is 3.90. The lowest BCUT2D eigenvalue weighted by Crippen LogP contribution is -2.36. The molecular formula is C12H16ClIN2O. The highest BCUT2D eigenvalue weighted by Gasteiger charge is 2.18. The molecule has 2 rings (SSSR count). The van der Waals surface area contributed by atoms with Crippen molar-refractivity contribution in [3.05, 3.63) is 32.9 Å². The van der Waals surface area contributed by atoms with Gasteiger partial charge in [0.1, 0.15) is 0 Å². The molecule has 1 aromatic rings. The van der Waals surface area contributed by atoms with E-state index in [0.29, 0.717) is 0 Å². The summed E-state index contributed by atoms with van der Waals surface area (Å²) < 4.78 is 1.04.